The molecule has 0 aliphatic heterocycles. The van der Waals surface area contributed by atoms with Crippen LogP contribution in [0.25, 0.3) is 49.0 Å². The number of carbonyl (C=O) groups excluding carboxylic acids is 1. The summed E-state index contributed by atoms with van der Waals surface area (Å²) in [5.41, 5.74) is 5.01. The summed E-state index contributed by atoms with van der Waals surface area (Å²) in [6, 6.07) is 18.4. The summed E-state index contributed by atoms with van der Waals surface area (Å²) in [7, 11) is 0. The molecule has 0 atom stereocenters. The van der Waals surface area contributed by atoms with E-state index in [1.54, 1.807) is 0 Å². The van der Waals surface area contributed by atoms with Crippen LogP contribution in [0, 0.1) is 30.7 Å². The number of aromatic nitrogens is 3. The van der Waals surface area contributed by atoms with Gasteiger partial charge in [-0.3, -0.25) is 9.78 Å². The number of aliphatic hydroxyl groups excluding tert-OH is 1. The van der Waals surface area contributed by atoms with Crippen molar-refractivity contribution in [3.63, 3.8) is 0 Å². The number of ketones is 1. The van der Waals surface area contributed by atoms with E-state index in [0.29, 0.717) is 0 Å². The van der Waals surface area contributed by atoms with Gasteiger partial charge >= 0.3 is 0 Å². The Hall–Kier alpha value is -3.34. The van der Waals surface area contributed by atoms with Gasteiger partial charge < -0.3 is 9.51 Å². The zero-order chi connectivity index (χ0) is 30.4. The Morgan fingerprint density at radius 1 is 0.930 bits per heavy atom. The molecular weight excluding hydrogens is 711 g/mol. The zero-order valence-corrected chi connectivity index (χ0v) is 29.0. The van der Waals surface area contributed by atoms with Gasteiger partial charge in [-0.1, -0.05) is 89.1 Å². The smallest absolute Gasteiger partial charge is 0.164 e. The topological polar surface area (TPSA) is 67.5 Å². The fraction of sp³-hybridized carbons (Fsp3) is 0.378. The Morgan fingerprint density at radius 3 is 2.23 bits per heavy atom. The van der Waals surface area contributed by atoms with E-state index < -0.39 is 0 Å². The molecule has 0 spiro atoms. The number of fused-ring (bicyclic) bond motifs is 4. The van der Waals surface area contributed by atoms with Crippen molar-refractivity contribution < 1.29 is 30.0 Å². The molecule has 0 unspecified atom stereocenters. The molecule has 5 nitrogen and oxygen atoms in total. The molecule has 3 aromatic heterocycles. The van der Waals surface area contributed by atoms with E-state index in [9.17, 15) is 9.90 Å². The van der Waals surface area contributed by atoms with Crippen molar-refractivity contribution in [1.82, 2.24) is 14.4 Å². The predicted octanol–water partition coefficient (Wildman–Crippen LogP) is 9.84. The molecule has 227 valence electrons. The van der Waals surface area contributed by atoms with Crippen LogP contribution in [0.4, 0.5) is 0 Å². The molecule has 6 rings (SSSR count). The molecular formula is C37H42IrN3O2-. The fourth-order valence-corrected chi connectivity index (χ4v) is 5.97. The number of rotatable bonds is 7. The second kappa shape index (κ2) is 12.3. The molecule has 1 radical (unpaired) electrons. The van der Waals surface area contributed by atoms with Gasteiger partial charge in [-0.05, 0) is 61.0 Å². The first kappa shape index (κ1) is 32.6. The molecule has 3 aromatic carbocycles. The van der Waals surface area contributed by atoms with E-state index in [4.69, 9.17) is 9.97 Å². The van der Waals surface area contributed by atoms with Crippen LogP contribution in [0.3, 0.4) is 0 Å². The van der Waals surface area contributed by atoms with Crippen molar-refractivity contribution in [1.29, 1.82) is 0 Å². The van der Waals surface area contributed by atoms with Gasteiger partial charge in [0.1, 0.15) is 11.6 Å². The van der Waals surface area contributed by atoms with Gasteiger partial charge in [0.05, 0.1) is 11.0 Å². The fourth-order valence-electron chi connectivity index (χ4n) is 5.97. The standard InChI is InChI=1S/C22H14N3.C15H28O2.Ir/c1-12-16-6-4-3-5-15(16)11-17-20-19-14(9-10-23-20)7-8-18-22(19)25(21(12)17)13(2)24-18;1-7-14(5,8-2)12(16)11-13(17)15(6,9-3)10-4;/h3-10H,1-2H3;11,16H,7-10H2,1-6H3;/q-1;;/b;12-11-;. The molecule has 0 aliphatic rings. The number of aryl methyl sites for hydroxylation is 2. The second-order valence-corrected chi connectivity index (χ2v) is 12.1. The van der Waals surface area contributed by atoms with E-state index in [-0.39, 0.29) is 42.5 Å². The van der Waals surface area contributed by atoms with E-state index >= 15 is 0 Å². The summed E-state index contributed by atoms with van der Waals surface area (Å²) in [5.74, 6) is 1.29. The van der Waals surface area contributed by atoms with Gasteiger partial charge in [-0.15, -0.1) is 17.5 Å². The Labute approximate surface area is 268 Å². The molecule has 0 fully saturated rings. The minimum Gasteiger partial charge on any atom is -0.512 e. The third-order valence-electron chi connectivity index (χ3n) is 9.96. The van der Waals surface area contributed by atoms with Crippen molar-refractivity contribution in [2.24, 2.45) is 10.8 Å². The van der Waals surface area contributed by atoms with Crippen molar-refractivity contribution in [3.8, 4) is 0 Å². The van der Waals surface area contributed by atoms with Gasteiger partial charge in [0.15, 0.2) is 5.78 Å². The van der Waals surface area contributed by atoms with Crippen LogP contribution in [-0.4, -0.2) is 25.3 Å². The number of allylic oxidation sites excluding steroid dienone is 2. The van der Waals surface area contributed by atoms with Crippen LogP contribution in [0.15, 0.2) is 60.5 Å². The van der Waals surface area contributed by atoms with Crippen LogP contribution in [0.1, 0.15) is 78.6 Å². The SMILES string of the molecule is CCC(C)(CC)C(=O)/C=C(\O)C(C)(CC)CC.Cc1c2ccccc2[c-]c2c3nccc4ccc5nc(C)n(c12)c5c43.[Ir]. The Bertz CT molecular complexity index is 1960. The molecule has 6 aromatic rings. The summed E-state index contributed by atoms with van der Waals surface area (Å²) in [4.78, 5) is 21.7. The minimum absolute atomic E-state index is 0. The van der Waals surface area contributed by atoms with E-state index in [1.165, 1.54) is 27.8 Å². The van der Waals surface area contributed by atoms with Gasteiger partial charge in [0.2, 0.25) is 0 Å². The summed E-state index contributed by atoms with van der Waals surface area (Å²) < 4.78 is 2.29. The number of benzene rings is 3. The first-order valence-electron chi connectivity index (χ1n) is 15.2. The average Bonchev–Trinajstić information content (AvgIpc) is 3.36. The van der Waals surface area contributed by atoms with Crippen LogP contribution < -0.4 is 0 Å². The molecule has 6 heteroatoms. The van der Waals surface area contributed by atoms with Crippen molar-refractivity contribution in [3.05, 3.63) is 78.0 Å². The van der Waals surface area contributed by atoms with Crippen LogP contribution in [0.2, 0.25) is 0 Å². The van der Waals surface area contributed by atoms with Gasteiger partial charge in [0.25, 0.3) is 0 Å². The summed E-state index contributed by atoms with van der Waals surface area (Å²) in [6.07, 6.45) is 6.65. The van der Waals surface area contributed by atoms with Gasteiger partial charge in [-0.25, -0.2) is 4.98 Å². The molecule has 0 saturated carbocycles. The van der Waals surface area contributed by atoms with Crippen LogP contribution in [-0.2, 0) is 24.9 Å². The van der Waals surface area contributed by atoms with E-state index in [1.807, 2.05) is 47.7 Å². The summed E-state index contributed by atoms with van der Waals surface area (Å²) in [5, 5.41) is 15.9. The normalized spacial score (nSPS) is 12.7. The van der Waals surface area contributed by atoms with Crippen LogP contribution >= 0.6 is 0 Å². The average molecular weight is 753 g/mol. The van der Waals surface area contributed by atoms with Crippen molar-refractivity contribution in [2.45, 2.75) is 81.1 Å². The molecule has 0 aliphatic carbocycles. The minimum atomic E-state index is -0.337. The maximum atomic E-state index is 12.2. The number of pyridine rings is 2. The quantitative estimate of drug-likeness (QED) is 0.0580. The number of nitrogens with zero attached hydrogens (tertiary/aromatic N) is 3. The third kappa shape index (κ3) is 5.34. The molecule has 0 saturated heterocycles. The first-order chi connectivity index (χ1) is 20.0. The van der Waals surface area contributed by atoms with Crippen LogP contribution in [0.5, 0.6) is 0 Å². The first-order valence-corrected chi connectivity index (χ1v) is 15.2. The summed E-state index contributed by atoms with van der Waals surface area (Å²) in [6.45, 7) is 16.3. The van der Waals surface area contributed by atoms with E-state index in [0.717, 1.165) is 64.3 Å². The second-order valence-electron chi connectivity index (χ2n) is 12.1. The maximum absolute atomic E-state index is 12.2. The Balaban J connectivity index is 0.000000210. The number of hydrogen-bond acceptors (Lipinski definition) is 4. The Morgan fingerprint density at radius 2 is 1.58 bits per heavy atom. The number of imidazole rings is 1. The summed E-state index contributed by atoms with van der Waals surface area (Å²) >= 11 is 0. The van der Waals surface area contributed by atoms with Gasteiger partial charge in [-0.2, -0.15) is 0 Å². The molecule has 0 bridgehead atoms. The number of aliphatic hydroxyl groups is 1. The Kier molecular flexibility index (Phi) is 9.35. The zero-order valence-electron chi connectivity index (χ0n) is 26.6. The van der Waals surface area contributed by atoms with Gasteiger partial charge in [0, 0.05) is 48.7 Å². The molecule has 1 N–H and O–H groups in total. The maximum Gasteiger partial charge on any atom is 0.164 e. The predicted molar refractivity (Wildman–Crippen MR) is 176 cm³/mol. The molecule has 43 heavy (non-hydrogen) atoms. The van der Waals surface area contributed by atoms with Crippen molar-refractivity contribution in [2.75, 3.05) is 0 Å². The molecule has 0 amide bonds. The molecule has 3 heterocycles. The number of carbonyl (C=O) groups is 1. The van der Waals surface area contributed by atoms with E-state index in [2.05, 4.69) is 66.8 Å². The third-order valence-corrected chi connectivity index (χ3v) is 9.96. The van der Waals surface area contributed by atoms with Crippen molar-refractivity contribution >= 4 is 54.8 Å². The number of hydrogen-bond donors (Lipinski definition) is 1. The largest absolute Gasteiger partial charge is 0.512 e. The monoisotopic (exact) mass is 753 g/mol.